The average Bonchev–Trinajstić information content (AvgIpc) is 3.48. The number of anilines is 1. The van der Waals surface area contributed by atoms with Gasteiger partial charge in [0, 0.05) is 30.8 Å². The molecule has 1 unspecified atom stereocenters. The van der Waals surface area contributed by atoms with E-state index in [1.807, 2.05) is 6.07 Å². The lowest BCUT2D eigenvalue weighted by atomic mass is 9.79. The summed E-state index contributed by atoms with van der Waals surface area (Å²) >= 11 is 1.28. The van der Waals surface area contributed by atoms with Gasteiger partial charge >= 0.3 is 12.1 Å². The van der Waals surface area contributed by atoms with E-state index in [4.69, 9.17) is 18.9 Å². The van der Waals surface area contributed by atoms with Gasteiger partial charge in [-0.15, -0.1) is 11.3 Å². The van der Waals surface area contributed by atoms with Crippen LogP contribution in [0.2, 0.25) is 0 Å². The first-order valence-electron chi connectivity index (χ1n) is 15.1. The fourth-order valence-electron chi connectivity index (χ4n) is 5.67. The van der Waals surface area contributed by atoms with Crippen LogP contribution in [0.5, 0.6) is 17.2 Å². The van der Waals surface area contributed by atoms with Gasteiger partial charge in [-0.05, 0) is 88.8 Å². The van der Waals surface area contributed by atoms with Crippen LogP contribution in [-0.2, 0) is 26.2 Å². The fraction of sp³-hybridized carbons (Fsp3) is 0.455. The second kappa shape index (κ2) is 13.6. The predicted octanol–water partition coefficient (Wildman–Crippen LogP) is 6.76. The lowest BCUT2D eigenvalue weighted by molar-refractivity contribution is -0.119. The molecule has 0 radical (unpaired) electrons. The van der Waals surface area contributed by atoms with Gasteiger partial charge in [-0.1, -0.05) is 0 Å². The molecule has 13 heteroatoms. The zero-order chi connectivity index (χ0) is 33.1. The molecule has 2 N–H and O–H groups in total. The van der Waals surface area contributed by atoms with Gasteiger partial charge in [-0.2, -0.15) is 0 Å². The van der Waals surface area contributed by atoms with Crippen molar-refractivity contribution >= 4 is 34.4 Å². The average molecular weight is 656 g/mol. The van der Waals surface area contributed by atoms with Crippen molar-refractivity contribution in [1.29, 1.82) is 0 Å². The van der Waals surface area contributed by atoms with Crippen molar-refractivity contribution in [2.75, 3.05) is 25.1 Å². The number of ether oxygens (including phenoxy) is 4. The highest BCUT2D eigenvalue weighted by atomic mass is 32.1. The summed E-state index contributed by atoms with van der Waals surface area (Å²) in [5.74, 6) is -2.10. The van der Waals surface area contributed by atoms with E-state index in [9.17, 15) is 23.9 Å². The molecule has 46 heavy (non-hydrogen) atoms. The maximum atomic E-state index is 14.7. The quantitative estimate of drug-likeness (QED) is 0.256. The normalized spacial score (nSPS) is 19.6. The third kappa shape index (κ3) is 7.76. The van der Waals surface area contributed by atoms with Gasteiger partial charge in [-0.3, -0.25) is 9.69 Å². The first kappa shape index (κ1) is 33.1. The molecule has 2 atom stereocenters. The van der Waals surface area contributed by atoms with Crippen molar-refractivity contribution in [3.8, 4) is 17.2 Å². The Morgan fingerprint density at radius 3 is 2.65 bits per heavy atom. The van der Waals surface area contributed by atoms with Gasteiger partial charge in [0.25, 0.3) is 0 Å². The number of hydrogen-bond donors (Lipinski definition) is 2. The Bertz CT molecular complexity index is 1590. The summed E-state index contributed by atoms with van der Waals surface area (Å²) in [4.78, 5) is 44.1. The van der Waals surface area contributed by atoms with Crippen LogP contribution in [0.15, 0.2) is 41.9 Å². The van der Waals surface area contributed by atoms with Crippen LogP contribution in [0, 0.1) is 5.82 Å². The van der Waals surface area contributed by atoms with E-state index in [0.717, 1.165) is 37.0 Å². The number of aromatic carboxylic acids is 1. The molecule has 246 valence electrons. The maximum Gasteiger partial charge on any atom is 0.411 e. The van der Waals surface area contributed by atoms with Crippen molar-refractivity contribution in [2.24, 2.45) is 0 Å². The molecule has 2 aliphatic rings. The topological polar surface area (TPSA) is 137 Å². The molecule has 1 fully saturated rings. The first-order chi connectivity index (χ1) is 21.8. The van der Waals surface area contributed by atoms with Crippen LogP contribution in [-0.4, -0.2) is 64.4 Å². The SMILES string of the molecule is CC(C)(C)OC(=O)N1CCc2cc(OCC3CCCCO3)c(Oc3ccc(C(=O)O)c(F)c3)cc2[C@@]1(C)CC(=O)Nc1nccs1. The molecular weight excluding hydrogens is 617 g/mol. The molecule has 0 aliphatic carbocycles. The first-order valence-corrected chi connectivity index (χ1v) is 16.0. The van der Waals surface area contributed by atoms with Gasteiger partial charge in [0.1, 0.15) is 23.8 Å². The van der Waals surface area contributed by atoms with E-state index >= 15 is 0 Å². The van der Waals surface area contributed by atoms with Crippen LogP contribution in [0.3, 0.4) is 0 Å². The lowest BCUT2D eigenvalue weighted by Gasteiger charge is -2.46. The number of fused-ring (bicyclic) bond motifs is 1. The standard InChI is InChI=1S/C33H38FN3O8S/c1-32(2,3)45-31(41)37-12-10-20-15-26(43-19-22-7-5-6-13-42-22)27(44-21-8-9-23(29(39)40)25(34)16-21)17-24(20)33(37,4)18-28(38)36-30-35-11-14-46-30/h8-9,11,14-17,22H,5-7,10,12-13,18-19H2,1-4H3,(H,39,40)(H,35,36,38)/t22?,33-/m1/s1. The molecule has 1 saturated heterocycles. The third-order valence-electron chi connectivity index (χ3n) is 7.85. The summed E-state index contributed by atoms with van der Waals surface area (Å²) in [6.07, 6.45) is 4.08. The highest BCUT2D eigenvalue weighted by molar-refractivity contribution is 7.13. The summed E-state index contributed by atoms with van der Waals surface area (Å²) in [5.41, 5.74) is -1.00. The summed E-state index contributed by atoms with van der Waals surface area (Å²) in [6, 6.07) is 6.98. The predicted molar refractivity (Wildman–Crippen MR) is 168 cm³/mol. The minimum absolute atomic E-state index is 0.0456. The molecule has 2 aromatic carbocycles. The monoisotopic (exact) mass is 655 g/mol. The Morgan fingerprint density at radius 1 is 1.20 bits per heavy atom. The summed E-state index contributed by atoms with van der Waals surface area (Å²) in [6.45, 7) is 8.30. The van der Waals surface area contributed by atoms with Crippen molar-refractivity contribution in [2.45, 2.75) is 77.0 Å². The molecular formula is C33H38FN3O8S. The number of thiazole rings is 1. The second-order valence-electron chi connectivity index (χ2n) is 12.5. The number of amides is 2. The molecule has 3 heterocycles. The van der Waals surface area contributed by atoms with E-state index in [-0.39, 0.29) is 43.1 Å². The number of carbonyl (C=O) groups is 3. The fourth-order valence-corrected chi connectivity index (χ4v) is 6.22. The number of nitrogens with zero attached hydrogens (tertiary/aromatic N) is 2. The molecule has 3 aromatic rings. The van der Waals surface area contributed by atoms with Crippen molar-refractivity contribution in [3.05, 3.63) is 64.4 Å². The van der Waals surface area contributed by atoms with Crippen LogP contribution in [0.25, 0.3) is 0 Å². The van der Waals surface area contributed by atoms with Gasteiger partial charge in [0.2, 0.25) is 5.91 Å². The third-order valence-corrected chi connectivity index (χ3v) is 8.53. The molecule has 0 spiro atoms. The molecule has 0 saturated carbocycles. The Morgan fingerprint density at radius 2 is 2.00 bits per heavy atom. The summed E-state index contributed by atoms with van der Waals surface area (Å²) in [5, 5.41) is 14.3. The number of carboxylic acid groups (broad SMARTS) is 1. The van der Waals surface area contributed by atoms with E-state index < -0.39 is 34.6 Å². The largest absolute Gasteiger partial charge is 0.487 e. The molecule has 11 nitrogen and oxygen atoms in total. The molecule has 2 amide bonds. The van der Waals surface area contributed by atoms with Crippen LogP contribution >= 0.6 is 11.3 Å². The molecule has 1 aromatic heterocycles. The van der Waals surface area contributed by atoms with E-state index in [0.29, 0.717) is 29.5 Å². The molecule has 0 bridgehead atoms. The van der Waals surface area contributed by atoms with Crippen LogP contribution in [0.1, 0.15) is 74.9 Å². The van der Waals surface area contributed by atoms with E-state index in [1.165, 1.54) is 17.4 Å². The van der Waals surface area contributed by atoms with E-state index in [1.54, 1.807) is 50.2 Å². The number of halogens is 1. The number of rotatable bonds is 9. The summed E-state index contributed by atoms with van der Waals surface area (Å²) < 4.78 is 38.6. The van der Waals surface area contributed by atoms with Crippen molar-refractivity contribution in [3.63, 3.8) is 0 Å². The zero-order valence-electron chi connectivity index (χ0n) is 26.3. The van der Waals surface area contributed by atoms with Gasteiger partial charge in [0.15, 0.2) is 16.6 Å². The summed E-state index contributed by atoms with van der Waals surface area (Å²) in [7, 11) is 0. The Kier molecular flexibility index (Phi) is 9.82. The van der Waals surface area contributed by atoms with E-state index in [2.05, 4.69) is 10.3 Å². The number of benzene rings is 2. The van der Waals surface area contributed by atoms with Crippen molar-refractivity contribution in [1.82, 2.24) is 9.88 Å². The Hall–Kier alpha value is -4.23. The number of carboxylic acids is 1. The second-order valence-corrected chi connectivity index (χ2v) is 13.4. The lowest BCUT2D eigenvalue weighted by Crippen LogP contribution is -2.54. The Labute approximate surface area is 270 Å². The number of hydrogen-bond acceptors (Lipinski definition) is 9. The highest BCUT2D eigenvalue weighted by Gasteiger charge is 2.45. The smallest absolute Gasteiger partial charge is 0.411 e. The van der Waals surface area contributed by atoms with Gasteiger partial charge in [-0.25, -0.2) is 19.0 Å². The molecule has 5 rings (SSSR count). The van der Waals surface area contributed by atoms with Gasteiger partial charge < -0.3 is 29.4 Å². The van der Waals surface area contributed by atoms with Crippen LogP contribution < -0.4 is 14.8 Å². The van der Waals surface area contributed by atoms with Crippen LogP contribution in [0.4, 0.5) is 14.3 Å². The minimum atomic E-state index is -1.40. The molecule has 2 aliphatic heterocycles. The maximum absolute atomic E-state index is 14.7. The highest BCUT2D eigenvalue weighted by Crippen LogP contribution is 2.45. The van der Waals surface area contributed by atoms with Gasteiger partial charge in [0.05, 0.1) is 23.6 Å². The number of aromatic nitrogens is 1. The zero-order valence-corrected chi connectivity index (χ0v) is 27.1. The number of carbonyl (C=O) groups excluding carboxylic acids is 2. The van der Waals surface area contributed by atoms with Crippen molar-refractivity contribution < 1.29 is 42.8 Å². The number of nitrogens with one attached hydrogen (secondary N) is 1. The Balaban J connectivity index is 1.55. The minimum Gasteiger partial charge on any atom is -0.487 e.